The first-order chi connectivity index (χ1) is 20.1. The quantitative estimate of drug-likeness (QED) is 0.0432. The number of hydrogen-bond donors (Lipinski definition) is 0. The minimum atomic E-state index is -1.13. The molecule has 0 radical (unpaired) electrons. The predicted molar refractivity (Wildman–Crippen MR) is 167 cm³/mol. The number of carbonyl (C=O) groups excluding carboxylic acids is 3. The Hall–Kier alpha value is -1.93. The van der Waals surface area contributed by atoms with Gasteiger partial charge in [0.1, 0.15) is 12.6 Å². The Bertz CT molecular complexity index is 717. The van der Waals surface area contributed by atoms with E-state index in [9.17, 15) is 19.5 Å². The Morgan fingerprint density at radius 2 is 1.21 bits per heavy atom. The highest BCUT2D eigenvalue weighted by molar-refractivity contribution is 5.70. The number of allylic oxidation sites excluding steroid dienone is 2. The van der Waals surface area contributed by atoms with E-state index in [4.69, 9.17) is 14.2 Å². The Morgan fingerprint density at radius 1 is 0.690 bits per heavy atom. The molecule has 0 rings (SSSR count). The van der Waals surface area contributed by atoms with Crippen molar-refractivity contribution >= 4 is 17.9 Å². The van der Waals surface area contributed by atoms with Crippen LogP contribution < -0.4 is 5.11 Å². The van der Waals surface area contributed by atoms with Crippen LogP contribution in [0.3, 0.4) is 0 Å². The molecule has 0 aromatic carbocycles. The molecule has 0 spiro atoms. The fourth-order valence-corrected chi connectivity index (χ4v) is 4.72. The second-order valence-electron chi connectivity index (χ2n) is 12.4. The highest BCUT2D eigenvalue weighted by atomic mass is 16.6. The Labute approximate surface area is 257 Å². The van der Waals surface area contributed by atoms with Crippen LogP contribution >= 0.6 is 0 Å². The minimum absolute atomic E-state index is 0.0362. The van der Waals surface area contributed by atoms with Crippen molar-refractivity contribution in [3.63, 3.8) is 0 Å². The lowest BCUT2D eigenvalue weighted by atomic mass is 10.1. The SMILES string of the molecule is CCCCCC/C=C/CCCC(=O)OCC(COCCC(C(=O)[O-])[N+](C)(C)C)OC(=O)CCCCCCCCCCC. The Kier molecular flexibility index (Phi) is 25.5. The molecule has 0 heterocycles. The molecule has 2 unspecified atom stereocenters. The summed E-state index contributed by atoms with van der Waals surface area (Å²) in [5, 5.41) is 11.5. The third-order valence-electron chi connectivity index (χ3n) is 7.40. The van der Waals surface area contributed by atoms with Crippen molar-refractivity contribution in [1.29, 1.82) is 0 Å². The van der Waals surface area contributed by atoms with Crippen LogP contribution in [-0.2, 0) is 28.6 Å². The molecule has 0 aliphatic heterocycles. The summed E-state index contributed by atoms with van der Waals surface area (Å²) in [6, 6.07) is -0.721. The number of esters is 2. The smallest absolute Gasteiger partial charge is 0.306 e. The van der Waals surface area contributed by atoms with Crippen LogP contribution in [0.5, 0.6) is 0 Å². The van der Waals surface area contributed by atoms with Gasteiger partial charge in [0.25, 0.3) is 0 Å². The number of rotatable bonds is 29. The van der Waals surface area contributed by atoms with E-state index in [1.54, 1.807) is 21.1 Å². The number of quaternary nitrogens is 1. The van der Waals surface area contributed by atoms with Gasteiger partial charge in [-0.3, -0.25) is 9.59 Å². The van der Waals surface area contributed by atoms with Gasteiger partial charge in [-0.15, -0.1) is 0 Å². The van der Waals surface area contributed by atoms with Crippen LogP contribution in [0.4, 0.5) is 0 Å². The number of carbonyl (C=O) groups is 3. The molecular formula is C34H63NO7. The lowest BCUT2D eigenvalue weighted by molar-refractivity contribution is -0.889. The van der Waals surface area contributed by atoms with Gasteiger partial charge in [-0.1, -0.05) is 96.6 Å². The zero-order valence-corrected chi connectivity index (χ0v) is 27.7. The van der Waals surface area contributed by atoms with Gasteiger partial charge in [-0.05, 0) is 32.1 Å². The molecule has 0 aromatic heterocycles. The highest BCUT2D eigenvalue weighted by Gasteiger charge is 2.25. The molecule has 246 valence electrons. The van der Waals surface area contributed by atoms with Gasteiger partial charge in [0, 0.05) is 19.3 Å². The van der Waals surface area contributed by atoms with Crippen molar-refractivity contribution in [2.24, 2.45) is 0 Å². The molecule has 0 N–H and O–H groups in total. The van der Waals surface area contributed by atoms with E-state index in [1.807, 2.05) is 0 Å². The second kappa shape index (κ2) is 26.7. The van der Waals surface area contributed by atoms with Crippen molar-refractivity contribution < 1.29 is 38.2 Å². The van der Waals surface area contributed by atoms with Gasteiger partial charge < -0.3 is 28.6 Å². The van der Waals surface area contributed by atoms with Crippen LogP contribution in [0.15, 0.2) is 12.2 Å². The summed E-state index contributed by atoms with van der Waals surface area (Å²) in [4.78, 5) is 36.3. The van der Waals surface area contributed by atoms with Crippen LogP contribution in [0.25, 0.3) is 0 Å². The third kappa shape index (κ3) is 24.6. The zero-order valence-electron chi connectivity index (χ0n) is 27.7. The van der Waals surface area contributed by atoms with Crippen molar-refractivity contribution in [3.05, 3.63) is 12.2 Å². The summed E-state index contributed by atoms with van der Waals surface area (Å²) in [7, 11) is 5.38. The largest absolute Gasteiger partial charge is 0.544 e. The molecule has 0 aromatic rings. The van der Waals surface area contributed by atoms with E-state index >= 15 is 0 Å². The first-order valence-corrected chi connectivity index (χ1v) is 16.7. The minimum Gasteiger partial charge on any atom is -0.544 e. The Balaban J connectivity index is 4.53. The predicted octanol–water partition coefficient (Wildman–Crippen LogP) is 6.29. The maximum Gasteiger partial charge on any atom is 0.306 e. The van der Waals surface area contributed by atoms with E-state index in [0.717, 1.165) is 32.1 Å². The summed E-state index contributed by atoms with van der Waals surface area (Å²) in [5.41, 5.74) is 0. The summed E-state index contributed by atoms with van der Waals surface area (Å²) < 4.78 is 16.9. The molecule has 2 atom stereocenters. The normalized spacial score (nSPS) is 13.3. The number of carboxylic acids is 1. The highest BCUT2D eigenvalue weighted by Crippen LogP contribution is 2.12. The zero-order chi connectivity index (χ0) is 31.5. The topological polar surface area (TPSA) is 102 Å². The molecule has 0 bridgehead atoms. The number of carboxylic acid groups (broad SMARTS) is 1. The number of unbranched alkanes of at least 4 members (excludes halogenated alkanes) is 13. The first kappa shape index (κ1) is 40.1. The van der Waals surface area contributed by atoms with E-state index in [2.05, 4.69) is 26.0 Å². The third-order valence-corrected chi connectivity index (χ3v) is 7.40. The number of likely N-dealkylation sites (N-methyl/N-ethyl adjacent to an activating group) is 1. The van der Waals surface area contributed by atoms with E-state index in [0.29, 0.717) is 19.3 Å². The molecule has 42 heavy (non-hydrogen) atoms. The summed E-state index contributed by atoms with van der Waals surface area (Å²) in [6.45, 7) is 4.55. The summed E-state index contributed by atoms with van der Waals surface area (Å²) in [5.74, 6) is -1.78. The molecule has 8 heteroatoms. The lowest BCUT2D eigenvalue weighted by Gasteiger charge is -2.34. The number of ether oxygens (including phenoxy) is 3. The Morgan fingerprint density at radius 3 is 1.79 bits per heavy atom. The average molecular weight is 598 g/mol. The van der Waals surface area contributed by atoms with Crippen molar-refractivity contribution in [2.45, 2.75) is 148 Å². The van der Waals surface area contributed by atoms with Crippen LogP contribution in [-0.4, -0.2) is 75.5 Å². The van der Waals surface area contributed by atoms with E-state index in [-0.39, 0.29) is 42.7 Å². The van der Waals surface area contributed by atoms with Gasteiger partial charge >= 0.3 is 11.9 Å². The standard InChI is InChI=1S/C34H63NO7/c1-6-8-10-12-14-16-18-20-22-24-32(36)41-29-30(28-40-27-26-31(34(38)39)35(3,4)5)42-33(37)25-23-21-19-17-15-13-11-9-7-2/h16,18,30-31H,6-15,17,19-29H2,1-5H3/b18-16+. The monoisotopic (exact) mass is 597 g/mol. The van der Waals surface area contributed by atoms with E-state index < -0.39 is 18.1 Å². The van der Waals surface area contributed by atoms with Gasteiger partial charge in [0.05, 0.1) is 40.3 Å². The maximum absolute atomic E-state index is 12.5. The lowest BCUT2D eigenvalue weighted by Crippen LogP contribution is -2.55. The van der Waals surface area contributed by atoms with Gasteiger partial charge in [-0.2, -0.15) is 0 Å². The summed E-state index contributed by atoms with van der Waals surface area (Å²) >= 11 is 0. The number of nitrogens with zero attached hydrogens (tertiary/aromatic N) is 1. The number of aliphatic carboxylic acids is 1. The molecular weight excluding hydrogens is 534 g/mol. The molecule has 0 saturated carbocycles. The molecule has 0 aliphatic carbocycles. The van der Waals surface area contributed by atoms with Gasteiger partial charge in [-0.25, -0.2) is 0 Å². The molecule has 8 nitrogen and oxygen atoms in total. The molecule has 0 aliphatic rings. The molecule has 0 amide bonds. The number of hydrogen-bond acceptors (Lipinski definition) is 7. The van der Waals surface area contributed by atoms with Crippen molar-refractivity contribution in [3.8, 4) is 0 Å². The van der Waals surface area contributed by atoms with E-state index in [1.165, 1.54) is 64.2 Å². The van der Waals surface area contributed by atoms with Crippen LogP contribution in [0, 0.1) is 0 Å². The van der Waals surface area contributed by atoms with Crippen molar-refractivity contribution in [1.82, 2.24) is 0 Å². The first-order valence-electron chi connectivity index (χ1n) is 16.7. The van der Waals surface area contributed by atoms with Gasteiger partial charge in [0.15, 0.2) is 6.10 Å². The fraction of sp³-hybridized carbons (Fsp3) is 0.853. The van der Waals surface area contributed by atoms with Gasteiger partial charge in [0.2, 0.25) is 0 Å². The summed E-state index contributed by atoms with van der Waals surface area (Å²) in [6.07, 6.45) is 22.5. The molecule has 0 saturated heterocycles. The average Bonchev–Trinajstić information content (AvgIpc) is 2.92. The van der Waals surface area contributed by atoms with Crippen LogP contribution in [0.1, 0.15) is 136 Å². The molecule has 0 fully saturated rings. The second-order valence-corrected chi connectivity index (χ2v) is 12.4. The maximum atomic E-state index is 12.5. The van der Waals surface area contributed by atoms with Crippen molar-refractivity contribution in [2.75, 3.05) is 41.0 Å². The van der Waals surface area contributed by atoms with Crippen LogP contribution in [0.2, 0.25) is 0 Å². The fourth-order valence-electron chi connectivity index (χ4n) is 4.72.